The maximum absolute atomic E-state index is 4.14. The SMILES string of the molecule is CN(C)CCNc1c[c]n(C)n1. The van der Waals surface area contributed by atoms with Gasteiger partial charge in [0.25, 0.3) is 0 Å². The van der Waals surface area contributed by atoms with Crippen LogP contribution >= 0.6 is 0 Å². The highest BCUT2D eigenvalue weighted by Gasteiger charge is 1.95. The normalized spacial score (nSPS) is 10.7. The van der Waals surface area contributed by atoms with Gasteiger partial charge in [-0.2, -0.15) is 5.10 Å². The van der Waals surface area contributed by atoms with E-state index in [1.54, 1.807) is 4.68 Å². The van der Waals surface area contributed by atoms with Gasteiger partial charge in [0.1, 0.15) is 5.82 Å². The van der Waals surface area contributed by atoms with Crippen LogP contribution in [0.4, 0.5) is 5.82 Å². The van der Waals surface area contributed by atoms with E-state index in [0.717, 1.165) is 18.9 Å². The van der Waals surface area contributed by atoms with E-state index < -0.39 is 0 Å². The van der Waals surface area contributed by atoms with Crippen LogP contribution in [0.3, 0.4) is 0 Å². The van der Waals surface area contributed by atoms with Gasteiger partial charge in [0.2, 0.25) is 0 Å². The molecule has 67 valence electrons. The summed E-state index contributed by atoms with van der Waals surface area (Å²) in [5.41, 5.74) is 0. The molecule has 0 spiro atoms. The highest BCUT2D eigenvalue weighted by atomic mass is 15.3. The van der Waals surface area contributed by atoms with E-state index in [0.29, 0.717) is 0 Å². The molecule has 1 radical (unpaired) electrons. The third-order valence-electron chi connectivity index (χ3n) is 1.51. The highest BCUT2D eigenvalue weighted by molar-refractivity contribution is 5.31. The maximum Gasteiger partial charge on any atom is 0.148 e. The predicted molar refractivity (Wildman–Crippen MR) is 49.1 cm³/mol. The standard InChI is InChI=1S/C8H15N4/c1-11(2)7-5-9-8-4-6-12(3)10-8/h4H,5,7H2,1-3H3,(H,9,10). The van der Waals surface area contributed by atoms with Gasteiger partial charge in [0, 0.05) is 26.2 Å². The summed E-state index contributed by atoms with van der Waals surface area (Å²) in [4.78, 5) is 2.12. The Morgan fingerprint density at radius 2 is 2.42 bits per heavy atom. The monoisotopic (exact) mass is 167 g/mol. The van der Waals surface area contributed by atoms with Gasteiger partial charge in [0.15, 0.2) is 0 Å². The molecule has 0 aliphatic carbocycles. The Morgan fingerprint density at radius 3 is 2.92 bits per heavy atom. The summed E-state index contributed by atoms with van der Waals surface area (Å²) >= 11 is 0. The summed E-state index contributed by atoms with van der Waals surface area (Å²) in [6.07, 6.45) is 2.94. The lowest BCUT2D eigenvalue weighted by molar-refractivity contribution is 0.425. The predicted octanol–water partition coefficient (Wildman–Crippen LogP) is 0.194. The van der Waals surface area contributed by atoms with Crippen LogP contribution in [-0.4, -0.2) is 41.9 Å². The maximum atomic E-state index is 4.14. The molecule has 1 rings (SSSR count). The van der Waals surface area contributed by atoms with E-state index >= 15 is 0 Å². The van der Waals surface area contributed by atoms with Crippen LogP contribution in [0.1, 0.15) is 0 Å². The molecule has 0 saturated heterocycles. The van der Waals surface area contributed by atoms with E-state index in [4.69, 9.17) is 0 Å². The van der Waals surface area contributed by atoms with Gasteiger partial charge < -0.3 is 10.2 Å². The first-order valence-corrected chi connectivity index (χ1v) is 3.99. The van der Waals surface area contributed by atoms with Crippen molar-refractivity contribution in [3.05, 3.63) is 12.3 Å². The average Bonchev–Trinajstić information content (AvgIpc) is 2.35. The number of anilines is 1. The molecule has 4 nitrogen and oxygen atoms in total. The molecule has 0 atom stereocenters. The molecule has 0 amide bonds. The number of nitrogens with zero attached hydrogens (tertiary/aromatic N) is 3. The fraction of sp³-hybridized carbons (Fsp3) is 0.625. The molecule has 0 unspecified atom stereocenters. The molecule has 0 saturated carbocycles. The molecule has 12 heavy (non-hydrogen) atoms. The van der Waals surface area contributed by atoms with Crippen molar-refractivity contribution in [2.24, 2.45) is 7.05 Å². The topological polar surface area (TPSA) is 33.1 Å². The van der Waals surface area contributed by atoms with E-state index in [2.05, 4.69) is 21.5 Å². The molecule has 1 aromatic heterocycles. The zero-order chi connectivity index (χ0) is 8.97. The van der Waals surface area contributed by atoms with Crippen molar-refractivity contribution in [3.63, 3.8) is 0 Å². The van der Waals surface area contributed by atoms with Crippen LogP contribution in [0.15, 0.2) is 6.07 Å². The summed E-state index contributed by atoms with van der Waals surface area (Å²) < 4.78 is 1.66. The van der Waals surface area contributed by atoms with Crippen molar-refractivity contribution in [2.45, 2.75) is 0 Å². The summed E-state index contributed by atoms with van der Waals surface area (Å²) in [5, 5.41) is 7.33. The number of nitrogens with one attached hydrogen (secondary N) is 1. The first-order valence-electron chi connectivity index (χ1n) is 3.99. The molecule has 4 heteroatoms. The lowest BCUT2D eigenvalue weighted by Gasteiger charge is -2.09. The second-order valence-corrected chi connectivity index (χ2v) is 3.01. The minimum absolute atomic E-state index is 0.888. The third-order valence-corrected chi connectivity index (χ3v) is 1.51. The van der Waals surface area contributed by atoms with Crippen LogP contribution in [-0.2, 0) is 7.05 Å². The minimum Gasteiger partial charge on any atom is -0.367 e. The number of likely N-dealkylation sites (N-methyl/N-ethyl adjacent to an activating group) is 1. The number of hydrogen-bond acceptors (Lipinski definition) is 3. The Bertz CT molecular complexity index is 229. The summed E-state index contributed by atoms with van der Waals surface area (Å²) in [5.74, 6) is 0.888. The molecule has 1 heterocycles. The number of aryl methyl sites for hydroxylation is 1. The van der Waals surface area contributed by atoms with Gasteiger partial charge in [-0.25, -0.2) is 0 Å². The van der Waals surface area contributed by atoms with Crippen molar-refractivity contribution in [1.82, 2.24) is 14.7 Å². The van der Waals surface area contributed by atoms with Gasteiger partial charge >= 0.3 is 0 Å². The average molecular weight is 167 g/mol. The Labute approximate surface area is 73.2 Å². The van der Waals surface area contributed by atoms with Gasteiger partial charge in [-0.15, -0.1) is 0 Å². The largest absolute Gasteiger partial charge is 0.367 e. The minimum atomic E-state index is 0.888. The van der Waals surface area contributed by atoms with Crippen LogP contribution in [0.25, 0.3) is 0 Å². The first-order chi connectivity index (χ1) is 5.68. The van der Waals surface area contributed by atoms with Crippen molar-refractivity contribution in [1.29, 1.82) is 0 Å². The van der Waals surface area contributed by atoms with Gasteiger partial charge in [-0.3, -0.25) is 4.68 Å². The lowest BCUT2D eigenvalue weighted by atomic mass is 10.5. The van der Waals surface area contributed by atoms with Crippen LogP contribution in [0.5, 0.6) is 0 Å². The van der Waals surface area contributed by atoms with Crippen molar-refractivity contribution in [3.8, 4) is 0 Å². The van der Waals surface area contributed by atoms with Crippen molar-refractivity contribution < 1.29 is 0 Å². The van der Waals surface area contributed by atoms with Crippen LogP contribution in [0.2, 0.25) is 0 Å². The fourth-order valence-electron chi connectivity index (χ4n) is 0.868. The van der Waals surface area contributed by atoms with Gasteiger partial charge in [-0.1, -0.05) is 0 Å². The third kappa shape index (κ3) is 2.92. The Kier molecular flexibility index (Phi) is 3.10. The van der Waals surface area contributed by atoms with Crippen LogP contribution in [0, 0.1) is 6.20 Å². The summed E-state index contributed by atoms with van der Waals surface area (Å²) in [6, 6.07) is 1.84. The van der Waals surface area contributed by atoms with Crippen molar-refractivity contribution >= 4 is 5.82 Å². The van der Waals surface area contributed by atoms with Crippen molar-refractivity contribution in [2.75, 3.05) is 32.5 Å². The number of rotatable bonds is 4. The second-order valence-electron chi connectivity index (χ2n) is 3.01. The zero-order valence-electron chi connectivity index (χ0n) is 7.83. The smallest absolute Gasteiger partial charge is 0.148 e. The Hall–Kier alpha value is -1.03. The van der Waals surface area contributed by atoms with E-state index in [9.17, 15) is 0 Å². The van der Waals surface area contributed by atoms with Crippen LogP contribution < -0.4 is 5.32 Å². The second kappa shape index (κ2) is 4.11. The molecular weight excluding hydrogens is 152 g/mol. The molecule has 0 aliphatic rings. The quantitative estimate of drug-likeness (QED) is 0.695. The number of aromatic nitrogens is 2. The van der Waals surface area contributed by atoms with E-state index in [1.807, 2.05) is 27.2 Å². The summed E-state index contributed by atoms with van der Waals surface area (Å²) in [7, 11) is 5.95. The molecule has 1 aromatic rings. The van der Waals surface area contributed by atoms with Gasteiger partial charge in [-0.05, 0) is 14.1 Å². The molecule has 0 aromatic carbocycles. The molecule has 0 aliphatic heterocycles. The molecule has 1 N–H and O–H groups in total. The zero-order valence-corrected chi connectivity index (χ0v) is 7.83. The van der Waals surface area contributed by atoms with E-state index in [-0.39, 0.29) is 0 Å². The first kappa shape index (κ1) is 9.06. The molecule has 0 bridgehead atoms. The Morgan fingerprint density at radius 1 is 1.67 bits per heavy atom. The van der Waals surface area contributed by atoms with E-state index in [1.165, 1.54) is 0 Å². The lowest BCUT2D eigenvalue weighted by Crippen LogP contribution is -2.20. The highest BCUT2D eigenvalue weighted by Crippen LogP contribution is 1.98. The number of hydrogen-bond donors (Lipinski definition) is 1. The molecule has 0 fully saturated rings. The summed E-state index contributed by atoms with van der Waals surface area (Å²) in [6.45, 7) is 1.93. The fourth-order valence-corrected chi connectivity index (χ4v) is 0.868. The van der Waals surface area contributed by atoms with Gasteiger partial charge in [0.05, 0.1) is 6.20 Å². The molecular formula is C8H15N4. The Balaban J connectivity index is 2.24.